The van der Waals surface area contributed by atoms with E-state index in [0.29, 0.717) is 5.56 Å². The second kappa shape index (κ2) is 12.4. The first-order chi connectivity index (χ1) is 14.5. The van der Waals surface area contributed by atoms with Gasteiger partial charge in [0.05, 0.1) is 47.9 Å². The molecule has 0 fully saturated rings. The fraction of sp³-hybridized carbons (Fsp3) is 0.136. The maximum atomic E-state index is 11.5. The zero-order valence-corrected chi connectivity index (χ0v) is 19.3. The van der Waals surface area contributed by atoms with Crippen LogP contribution in [-0.4, -0.2) is 30.1 Å². The van der Waals surface area contributed by atoms with Crippen molar-refractivity contribution in [1.82, 2.24) is 4.57 Å². The third-order valence-electron chi connectivity index (χ3n) is 4.21. The summed E-state index contributed by atoms with van der Waals surface area (Å²) in [5, 5.41) is 0. The molecule has 0 aliphatic carbocycles. The Morgan fingerprint density at radius 1 is 0.900 bits per heavy atom. The van der Waals surface area contributed by atoms with Gasteiger partial charge in [0.25, 0.3) is 0 Å². The first kappa shape index (κ1) is 23.9. The molecule has 8 heteroatoms. The summed E-state index contributed by atoms with van der Waals surface area (Å²) in [6, 6.07) is 19.0. The Morgan fingerprint density at radius 3 is 1.77 bits per heavy atom. The van der Waals surface area contributed by atoms with Crippen LogP contribution < -0.4 is 0 Å². The minimum atomic E-state index is -0.356. The van der Waals surface area contributed by atoms with E-state index in [0.717, 1.165) is 22.8 Å². The molecule has 0 bridgehead atoms. The van der Waals surface area contributed by atoms with Gasteiger partial charge in [-0.1, -0.05) is 17.7 Å². The Balaban J connectivity index is 0.00000101. The van der Waals surface area contributed by atoms with Crippen LogP contribution in [0.2, 0.25) is 0 Å². The van der Waals surface area contributed by atoms with Gasteiger partial charge in [-0.25, -0.2) is 4.79 Å². The van der Waals surface area contributed by atoms with E-state index < -0.39 is 0 Å². The van der Waals surface area contributed by atoms with E-state index in [1.54, 1.807) is 30.5 Å². The molecule has 0 saturated heterocycles. The molecule has 0 saturated carbocycles. The van der Waals surface area contributed by atoms with Crippen molar-refractivity contribution in [2.24, 2.45) is 17.0 Å². The van der Waals surface area contributed by atoms with E-state index in [9.17, 15) is 4.79 Å². The number of ether oxygens (including phenoxy) is 1. The van der Waals surface area contributed by atoms with Crippen molar-refractivity contribution in [3.63, 3.8) is 0 Å². The molecule has 5 nitrogen and oxygen atoms in total. The van der Waals surface area contributed by atoms with E-state index in [2.05, 4.69) is 16.9 Å². The number of esters is 1. The Kier molecular flexibility index (Phi) is 9.84. The summed E-state index contributed by atoms with van der Waals surface area (Å²) in [6.45, 7) is 2.05. The molecular formula is C22H21Cl2FeN3O2. The number of aliphatic imine (C=N–C) groups is 2. The van der Waals surface area contributed by atoms with E-state index in [4.69, 9.17) is 24.9 Å². The van der Waals surface area contributed by atoms with Gasteiger partial charge < -0.3 is 9.30 Å². The molecule has 0 aliphatic heterocycles. The summed E-state index contributed by atoms with van der Waals surface area (Å²) in [5.74, 6) is -0.356. The van der Waals surface area contributed by atoms with Gasteiger partial charge in [-0.05, 0) is 55.5 Å². The van der Waals surface area contributed by atoms with Crippen molar-refractivity contribution in [1.29, 1.82) is 0 Å². The predicted molar refractivity (Wildman–Crippen MR) is 121 cm³/mol. The average molecular weight is 486 g/mol. The SMILES string of the molecule is COC(=O)c1ccc(N=Cc2ccc(C=Nc3ccc(C)cc3)n2C)cc1.[Cl][Fe][Cl]. The third-order valence-corrected chi connectivity index (χ3v) is 4.21. The number of benzene rings is 2. The number of carbonyl (C=O) groups excluding carboxylic acids is 1. The van der Waals surface area contributed by atoms with Crippen LogP contribution in [0.5, 0.6) is 0 Å². The topological polar surface area (TPSA) is 55.9 Å². The number of halogens is 2. The van der Waals surface area contributed by atoms with Crippen molar-refractivity contribution in [3.8, 4) is 0 Å². The molecule has 0 atom stereocenters. The summed E-state index contributed by atoms with van der Waals surface area (Å²) in [6.07, 6.45) is 3.63. The van der Waals surface area contributed by atoms with Crippen molar-refractivity contribution in [3.05, 3.63) is 83.2 Å². The zero-order chi connectivity index (χ0) is 21.9. The van der Waals surface area contributed by atoms with Gasteiger partial charge in [0.2, 0.25) is 0 Å². The Bertz CT molecular complexity index is 1010. The summed E-state index contributed by atoms with van der Waals surface area (Å²) in [4.78, 5) is 20.4. The molecule has 1 aromatic heterocycles. The van der Waals surface area contributed by atoms with Crippen molar-refractivity contribution < 1.29 is 22.7 Å². The van der Waals surface area contributed by atoms with Gasteiger partial charge in [-0.2, -0.15) is 0 Å². The van der Waals surface area contributed by atoms with Crippen LogP contribution in [0.4, 0.5) is 11.4 Å². The van der Waals surface area contributed by atoms with Gasteiger partial charge in [-0.15, -0.1) is 0 Å². The molecule has 2 aromatic carbocycles. The average Bonchev–Trinajstić information content (AvgIpc) is 3.11. The maximum absolute atomic E-state index is 11.5. The molecule has 158 valence electrons. The van der Waals surface area contributed by atoms with Gasteiger partial charge in [0, 0.05) is 7.05 Å². The van der Waals surface area contributed by atoms with Crippen molar-refractivity contribution in [2.45, 2.75) is 6.92 Å². The molecule has 0 N–H and O–H groups in total. The molecule has 0 aliphatic rings. The molecule has 30 heavy (non-hydrogen) atoms. The van der Waals surface area contributed by atoms with Gasteiger partial charge in [-0.3, -0.25) is 9.98 Å². The van der Waals surface area contributed by atoms with Crippen LogP contribution >= 0.6 is 20.2 Å². The van der Waals surface area contributed by atoms with Crippen LogP contribution in [0.25, 0.3) is 0 Å². The van der Waals surface area contributed by atoms with E-state index in [1.807, 2.05) is 54.2 Å². The fourth-order valence-corrected chi connectivity index (χ4v) is 2.52. The second-order valence-electron chi connectivity index (χ2n) is 6.18. The monoisotopic (exact) mass is 485 g/mol. The van der Waals surface area contributed by atoms with Crippen LogP contribution in [0.15, 0.2) is 70.6 Å². The van der Waals surface area contributed by atoms with E-state index in [-0.39, 0.29) is 19.1 Å². The number of aromatic nitrogens is 1. The molecule has 0 radical (unpaired) electrons. The number of methoxy groups -OCH3 is 1. The zero-order valence-electron chi connectivity index (χ0n) is 16.7. The molecule has 3 aromatic rings. The first-order valence-corrected chi connectivity index (χ1v) is 11.9. The van der Waals surface area contributed by atoms with Gasteiger partial charge >= 0.3 is 39.3 Å². The first-order valence-electron chi connectivity index (χ1n) is 8.82. The molecule has 1 heterocycles. The van der Waals surface area contributed by atoms with Crippen molar-refractivity contribution in [2.75, 3.05) is 7.11 Å². The number of nitrogens with zero attached hydrogens (tertiary/aromatic N) is 3. The van der Waals surface area contributed by atoms with Crippen LogP contribution in [-0.2, 0) is 24.9 Å². The van der Waals surface area contributed by atoms with Crippen molar-refractivity contribution >= 4 is 50.0 Å². The number of aryl methyl sites for hydroxylation is 1. The normalized spacial score (nSPS) is 11.0. The predicted octanol–water partition coefficient (Wildman–Crippen LogP) is 6.00. The third kappa shape index (κ3) is 7.15. The Morgan fingerprint density at radius 2 is 1.33 bits per heavy atom. The Hall–Kier alpha value is -2.37. The summed E-state index contributed by atoms with van der Waals surface area (Å²) < 4.78 is 6.71. The minimum absolute atomic E-state index is 0.194. The molecule has 0 unspecified atom stereocenters. The Labute approximate surface area is 191 Å². The number of rotatable bonds is 5. The van der Waals surface area contributed by atoms with Crippen LogP contribution in [0.3, 0.4) is 0 Å². The fourth-order valence-electron chi connectivity index (χ4n) is 2.52. The quantitative estimate of drug-likeness (QED) is 0.253. The summed E-state index contributed by atoms with van der Waals surface area (Å²) in [5.41, 5.74) is 5.34. The summed E-state index contributed by atoms with van der Waals surface area (Å²) >= 11 is 0.194. The molecule has 0 amide bonds. The van der Waals surface area contributed by atoms with Crippen LogP contribution in [0.1, 0.15) is 27.3 Å². The van der Waals surface area contributed by atoms with E-state index in [1.165, 1.54) is 12.7 Å². The molecular weight excluding hydrogens is 465 g/mol. The van der Waals surface area contributed by atoms with Gasteiger partial charge in [0.1, 0.15) is 0 Å². The number of hydrogen-bond donors (Lipinski definition) is 0. The molecule has 0 spiro atoms. The standard InChI is InChI=1S/C22H21N3O2.2ClH.Fe/c1-16-4-8-18(9-5-16)23-14-20-12-13-21(25(20)2)15-24-19-10-6-17(7-11-19)22(26)27-3;;;/h4-15H,1-3H3;2*1H;/q;;;+2/p-2. The van der Waals surface area contributed by atoms with E-state index >= 15 is 0 Å². The number of hydrogen-bond acceptors (Lipinski definition) is 4. The van der Waals surface area contributed by atoms with Gasteiger partial charge in [0.15, 0.2) is 0 Å². The number of carbonyl (C=O) groups is 1. The molecule has 3 rings (SSSR count). The second-order valence-corrected chi connectivity index (χ2v) is 8.01. The van der Waals surface area contributed by atoms with Crippen LogP contribution in [0, 0.1) is 6.92 Å². The summed E-state index contributed by atoms with van der Waals surface area (Å²) in [7, 11) is 12.9.